The third kappa shape index (κ3) is 6.27. The van der Waals surface area contributed by atoms with Crippen LogP contribution in [-0.4, -0.2) is 50.6 Å². The number of likely N-dealkylation sites (tertiary alicyclic amines) is 1. The fourth-order valence-electron chi connectivity index (χ4n) is 6.55. The molecule has 3 aliphatic rings. The predicted octanol–water partition coefficient (Wildman–Crippen LogP) is 6.06. The SMILES string of the molecule is CC(C)(C)OC(=O)N[C@@H]1CCCC[C@@H]1C(=O)N1CC[C@H]2[C@@H](c3nccn3COC(=O)C(C)(C)C)Nc3ccccc3[C@H]21.[HH].[HH]. The monoisotopic (exact) mass is 583 g/mol. The number of alkyl carbamates (subject to hydrolysis) is 1. The van der Waals surface area contributed by atoms with Crippen molar-refractivity contribution in [1.82, 2.24) is 19.8 Å². The van der Waals surface area contributed by atoms with Crippen LogP contribution < -0.4 is 10.6 Å². The van der Waals surface area contributed by atoms with Crippen LogP contribution in [0.15, 0.2) is 36.7 Å². The maximum Gasteiger partial charge on any atom is 0.407 e. The first-order valence-corrected chi connectivity index (χ1v) is 15.2. The molecule has 1 aromatic heterocycles. The van der Waals surface area contributed by atoms with E-state index >= 15 is 0 Å². The lowest BCUT2D eigenvalue weighted by Crippen LogP contribution is -2.51. The standard InChI is InChI=1S/C32H45N5O5.2H2/c1-31(2,3)29(39)41-19-36-18-16-33-27(36)25-22-15-17-37(26(22)20-11-7-9-13-23(20)34-25)28(38)21-12-8-10-14-24(21)35-30(40)42-32(4,5)6;;/h7,9,11,13,16,18,21-22,24-26,34H,8,10,12,14-15,17,19H2,1-6H3,(H,35,40);2*1H/t21-,22-,24+,25-,26+;;/m0../s1. The number of esters is 1. The van der Waals surface area contributed by atoms with Gasteiger partial charge in [-0.2, -0.15) is 0 Å². The molecule has 10 heteroatoms. The number of nitrogens with zero attached hydrogens (tertiary/aromatic N) is 3. The maximum atomic E-state index is 14.3. The average molecular weight is 584 g/mol. The number of benzene rings is 1. The molecular weight excluding hydrogens is 534 g/mol. The van der Waals surface area contributed by atoms with Gasteiger partial charge in [0.05, 0.1) is 23.4 Å². The van der Waals surface area contributed by atoms with Crippen molar-refractivity contribution < 1.29 is 26.7 Å². The summed E-state index contributed by atoms with van der Waals surface area (Å²) < 4.78 is 13.0. The number of para-hydroxylation sites is 1. The Morgan fingerprint density at radius 3 is 2.55 bits per heavy atom. The second kappa shape index (κ2) is 11.6. The fourth-order valence-corrected chi connectivity index (χ4v) is 6.55. The molecule has 0 bridgehead atoms. The van der Waals surface area contributed by atoms with Gasteiger partial charge in [-0.1, -0.05) is 31.0 Å². The van der Waals surface area contributed by atoms with Crippen LogP contribution >= 0.6 is 0 Å². The predicted molar refractivity (Wildman–Crippen MR) is 162 cm³/mol. The lowest BCUT2D eigenvalue weighted by molar-refractivity contribution is -0.157. The zero-order valence-electron chi connectivity index (χ0n) is 25.7. The third-order valence-electron chi connectivity index (χ3n) is 8.50. The average Bonchev–Trinajstić information content (AvgIpc) is 3.57. The quantitative estimate of drug-likeness (QED) is 0.411. The van der Waals surface area contributed by atoms with Gasteiger partial charge in [-0.05, 0) is 72.4 Å². The van der Waals surface area contributed by atoms with Crippen LogP contribution in [0.1, 0.15) is 100.0 Å². The van der Waals surface area contributed by atoms with Crippen molar-refractivity contribution in [2.45, 2.75) is 104 Å². The van der Waals surface area contributed by atoms with Crippen LogP contribution in [-0.2, 0) is 25.8 Å². The van der Waals surface area contributed by atoms with Crippen molar-refractivity contribution in [2.24, 2.45) is 17.3 Å². The van der Waals surface area contributed by atoms with Crippen molar-refractivity contribution in [2.75, 3.05) is 11.9 Å². The molecule has 2 N–H and O–H groups in total. The fraction of sp³-hybridized carbons (Fsp3) is 0.625. The highest BCUT2D eigenvalue weighted by Crippen LogP contribution is 2.51. The Hall–Kier alpha value is -3.56. The van der Waals surface area contributed by atoms with Crippen LogP contribution in [0, 0.1) is 17.3 Å². The van der Waals surface area contributed by atoms with Crippen LogP contribution in [0.4, 0.5) is 10.5 Å². The van der Waals surface area contributed by atoms with E-state index in [-0.39, 0.29) is 51.4 Å². The Labute approximate surface area is 251 Å². The van der Waals surface area contributed by atoms with E-state index in [0.717, 1.165) is 49.2 Å². The number of hydrogen-bond donors (Lipinski definition) is 2. The van der Waals surface area contributed by atoms with Gasteiger partial charge in [0, 0.05) is 39.4 Å². The molecule has 2 aliphatic heterocycles. The van der Waals surface area contributed by atoms with Crippen molar-refractivity contribution in [3.8, 4) is 0 Å². The van der Waals surface area contributed by atoms with Crippen LogP contribution in [0.25, 0.3) is 0 Å². The van der Waals surface area contributed by atoms with E-state index in [4.69, 9.17) is 14.5 Å². The highest BCUT2D eigenvalue weighted by molar-refractivity contribution is 5.82. The topological polar surface area (TPSA) is 115 Å². The highest BCUT2D eigenvalue weighted by atomic mass is 16.6. The number of fused-ring (bicyclic) bond motifs is 3. The van der Waals surface area contributed by atoms with Crippen LogP contribution in [0.3, 0.4) is 0 Å². The molecule has 1 saturated carbocycles. The minimum Gasteiger partial charge on any atom is -0.444 e. The summed E-state index contributed by atoms with van der Waals surface area (Å²) in [5, 5.41) is 6.71. The van der Waals surface area contributed by atoms with Crippen LogP contribution in [0.2, 0.25) is 0 Å². The molecule has 1 aliphatic carbocycles. The normalized spacial score (nSPS) is 25.6. The first-order chi connectivity index (χ1) is 19.8. The van der Waals surface area contributed by atoms with Gasteiger partial charge in [-0.15, -0.1) is 0 Å². The maximum absolute atomic E-state index is 14.3. The lowest BCUT2D eigenvalue weighted by Gasteiger charge is -2.41. The van der Waals surface area contributed by atoms with Gasteiger partial charge in [0.15, 0.2) is 6.73 Å². The van der Waals surface area contributed by atoms with Gasteiger partial charge < -0.3 is 25.0 Å². The van der Waals surface area contributed by atoms with Gasteiger partial charge in [0.2, 0.25) is 5.91 Å². The number of anilines is 1. The number of aromatic nitrogens is 2. The molecular formula is C32H49N5O5. The summed E-state index contributed by atoms with van der Waals surface area (Å²) in [7, 11) is 0. The van der Waals surface area contributed by atoms with Crippen molar-refractivity contribution in [1.29, 1.82) is 0 Å². The van der Waals surface area contributed by atoms with Crippen molar-refractivity contribution in [3.05, 3.63) is 48.0 Å². The van der Waals surface area contributed by atoms with E-state index in [1.165, 1.54) is 0 Å². The molecule has 3 heterocycles. The molecule has 232 valence electrons. The number of nitrogens with one attached hydrogen (secondary N) is 2. The number of carbonyl (C=O) groups excluding carboxylic acids is 3. The number of hydrogen-bond acceptors (Lipinski definition) is 7. The number of ether oxygens (including phenoxy) is 2. The smallest absolute Gasteiger partial charge is 0.407 e. The van der Waals surface area contributed by atoms with Crippen molar-refractivity contribution in [3.63, 3.8) is 0 Å². The Bertz CT molecular complexity index is 1320. The van der Waals surface area contributed by atoms with E-state index < -0.39 is 17.1 Å². The minimum absolute atomic E-state index is 0. The van der Waals surface area contributed by atoms with E-state index in [9.17, 15) is 14.4 Å². The first-order valence-electron chi connectivity index (χ1n) is 15.2. The first kappa shape index (κ1) is 29.9. The summed E-state index contributed by atoms with van der Waals surface area (Å²) in [5.74, 6) is 0.355. The number of rotatable bonds is 5. The Morgan fingerprint density at radius 1 is 1.07 bits per heavy atom. The molecule has 1 saturated heterocycles. The van der Waals surface area contributed by atoms with E-state index in [2.05, 4.69) is 16.7 Å². The van der Waals surface area contributed by atoms with Crippen molar-refractivity contribution >= 4 is 23.7 Å². The Morgan fingerprint density at radius 2 is 1.81 bits per heavy atom. The van der Waals surface area contributed by atoms with Crippen LogP contribution in [0.5, 0.6) is 0 Å². The molecule has 10 nitrogen and oxygen atoms in total. The summed E-state index contributed by atoms with van der Waals surface area (Å²) in [5.41, 5.74) is 0.853. The van der Waals surface area contributed by atoms with Gasteiger partial charge in [0.1, 0.15) is 11.4 Å². The zero-order chi connectivity index (χ0) is 30.2. The summed E-state index contributed by atoms with van der Waals surface area (Å²) in [6, 6.07) is 7.57. The van der Waals surface area contributed by atoms with Gasteiger partial charge in [-0.25, -0.2) is 9.78 Å². The third-order valence-corrected chi connectivity index (χ3v) is 8.50. The molecule has 0 radical (unpaired) electrons. The molecule has 2 amide bonds. The summed E-state index contributed by atoms with van der Waals surface area (Å²) in [6.07, 6.45) is 7.29. The molecule has 5 atom stereocenters. The lowest BCUT2D eigenvalue weighted by atomic mass is 9.80. The molecule has 2 fully saturated rings. The Kier molecular flexibility index (Phi) is 8.27. The minimum atomic E-state index is -0.606. The van der Waals surface area contributed by atoms with E-state index in [0.29, 0.717) is 6.54 Å². The summed E-state index contributed by atoms with van der Waals surface area (Å²) in [6.45, 7) is 11.7. The second-order valence-electron chi connectivity index (χ2n) is 13.8. The second-order valence-corrected chi connectivity index (χ2v) is 13.8. The molecule has 42 heavy (non-hydrogen) atoms. The number of carbonyl (C=O) groups is 3. The zero-order valence-corrected chi connectivity index (χ0v) is 25.7. The number of amides is 2. The summed E-state index contributed by atoms with van der Waals surface area (Å²) >= 11 is 0. The summed E-state index contributed by atoms with van der Waals surface area (Å²) in [4.78, 5) is 46.2. The number of imidazole rings is 1. The Balaban J connectivity index is 0.00000264. The molecule has 1 aromatic carbocycles. The van der Waals surface area contributed by atoms with Gasteiger partial charge in [-0.3, -0.25) is 14.2 Å². The molecule has 5 rings (SSSR count). The van der Waals surface area contributed by atoms with E-state index in [1.54, 1.807) is 6.20 Å². The van der Waals surface area contributed by atoms with Gasteiger partial charge >= 0.3 is 12.1 Å². The highest BCUT2D eigenvalue weighted by Gasteiger charge is 2.49. The molecule has 0 unspecified atom stereocenters. The molecule has 2 aromatic rings. The van der Waals surface area contributed by atoms with E-state index in [1.807, 2.05) is 75.4 Å². The van der Waals surface area contributed by atoms with Gasteiger partial charge in [0.25, 0.3) is 0 Å². The molecule has 0 spiro atoms. The largest absolute Gasteiger partial charge is 0.444 e.